The van der Waals surface area contributed by atoms with Gasteiger partial charge in [-0.1, -0.05) is 12.1 Å². The van der Waals surface area contributed by atoms with Crippen LogP contribution in [-0.2, 0) is 9.53 Å². The number of piperidine rings is 1. The molecule has 2 aliphatic rings. The van der Waals surface area contributed by atoms with E-state index in [1.54, 1.807) is 12.1 Å². The molecule has 0 spiro atoms. The van der Waals surface area contributed by atoms with E-state index < -0.39 is 6.10 Å². The van der Waals surface area contributed by atoms with Crippen LogP contribution in [0.25, 0.3) is 0 Å². The summed E-state index contributed by atoms with van der Waals surface area (Å²) in [5, 5.41) is 10.5. The van der Waals surface area contributed by atoms with Crippen LogP contribution in [0.2, 0.25) is 0 Å². The molecule has 0 aromatic heterocycles. The molecule has 24 heavy (non-hydrogen) atoms. The minimum atomic E-state index is -0.608. The van der Waals surface area contributed by atoms with Crippen LogP contribution < -0.4 is 0 Å². The Kier molecular flexibility index (Phi) is 5.48. The Morgan fingerprint density at radius 3 is 2.54 bits per heavy atom. The summed E-state index contributed by atoms with van der Waals surface area (Å²) < 4.78 is 18.4. The zero-order chi connectivity index (χ0) is 17.1. The van der Waals surface area contributed by atoms with Gasteiger partial charge in [0.25, 0.3) is 0 Å². The molecule has 0 saturated carbocycles. The lowest BCUT2D eigenvalue weighted by atomic mass is 9.87. The van der Waals surface area contributed by atoms with Crippen molar-refractivity contribution in [3.05, 3.63) is 35.6 Å². The molecule has 132 valence electrons. The van der Waals surface area contributed by atoms with Crippen LogP contribution >= 0.6 is 0 Å². The summed E-state index contributed by atoms with van der Waals surface area (Å²) in [6.07, 6.45) is 0.895. The molecule has 0 aliphatic carbocycles. The monoisotopic (exact) mass is 336 g/mol. The number of likely N-dealkylation sites (N-methyl/N-ethyl adjacent to an activating group) is 1. The molecule has 2 aliphatic heterocycles. The number of benzene rings is 1. The van der Waals surface area contributed by atoms with Gasteiger partial charge in [-0.25, -0.2) is 4.39 Å². The van der Waals surface area contributed by atoms with E-state index in [9.17, 15) is 14.3 Å². The van der Waals surface area contributed by atoms with E-state index in [1.165, 1.54) is 12.1 Å². The number of carbonyl (C=O) groups is 1. The van der Waals surface area contributed by atoms with Crippen LogP contribution in [0.5, 0.6) is 0 Å². The highest BCUT2D eigenvalue weighted by Crippen LogP contribution is 2.31. The molecular weight excluding hydrogens is 311 g/mol. The molecule has 0 radical (unpaired) electrons. The number of aliphatic hydroxyl groups excluding tert-OH is 1. The summed E-state index contributed by atoms with van der Waals surface area (Å²) in [4.78, 5) is 16.6. The van der Waals surface area contributed by atoms with Crippen molar-refractivity contribution in [2.24, 2.45) is 5.92 Å². The van der Waals surface area contributed by atoms with Crippen molar-refractivity contribution in [3.63, 3.8) is 0 Å². The highest BCUT2D eigenvalue weighted by atomic mass is 19.1. The van der Waals surface area contributed by atoms with Crippen molar-refractivity contribution < 1.29 is 19.0 Å². The van der Waals surface area contributed by atoms with Crippen molar-refractivity contribution in [2.45, 2.75) is 25.0 Å². The second-order valence-corrected chi connectivity index (χ2v) is 6.73. The maximum Gasteiger partial charge on any atom is 0.242 e. The van der Waals surface area contributed by atoms with Gasteiger partial charge in [0.1, 0.15) is 11.9 Å². The highest BCUT2D eigenvalue weighted by Gasteiger charge is 2.34. The van der Waals surface area contributed by atoms with E-state index in [-0.39, 0.29) is 23.7 Å². The molecule has 1 aromatic rings. The first-order valence-corrected chi connectivity index (χ1v) is 8.56. The Bertz CT molecular complexity index is 558. The number of rotatable bonds is 3. The molecule has 2 heterocycles. The minimum Gasteiger partial charge on any atom is -0.388 e. The number of halogens is 1. The van der Waals surface area contributed by atoms with E-state index in [2.05, 4.69) is 0 Å². The lowest BCUT2D eigenvalue weighted by Gasteiger charge is -2.39. The van der Waals surface area contributed by atoms with Gasteiger partial charge in [-0.3, -0.25) is 9.69 Å². The van der Waals surface area contributed by atoms with E-state index >= 15 is 0 Å². The fraction of sp³-hybridized carbons (Fsp3) is 0.611. The Hall–Kier alpha value is -1.50. The number of carbonyl (C=O) groups excluding carboxylic acids is 1. The standard InChI is InChI=1S/C18H25FN2O3/c1-20-10-11-24-12-16(20)18(23)21-8-6-14(7-9-21)17(22)13-2-4-15(19)5-3-13/h2-5,14,16-17,22H,6-12H2,1H3/t16-,17+/m0/s1. The van der Waals surface area contributed by atoms with Gasteiger partial charge in [0, 0.05) is 19.6 Å². The van der Waals surface area contributed by atoms with Gasteiger partial charge in [0.05, 0.1) is 19.3 Å². The average molecular weight is 336 g/mol. The minimum absolute atomic E-state index is 0.0971. The summed E-state index contributed by atoms with van der Waals surface area (Å²) in [5.74, 6) is -0.0862. The van der Waals surface area contributed by atoms with Crippen LogP contribution in [0.15, 0.2) is 24.3 Å². The Balaban J connectivity index is 1.55. The molecule has 2 fully saturated rings. The number of nitrogens with zero attached hydrogens (tertiary/aromatic N) is 2. The first-order valence-electron chi connectivity index (χ1n) is 8.56. The molecule has 0 unspecified atom stereocenters. The van der Waals surface area contributed by atoms with Crippen LogP contribution in [0.1, 0.15) is 24.5 Å². The van der Waals surface area contributed by atoms with Gasteiger partial charge in [-0.05, 0) is 43.5 Å². The number of aliphatic hydroxyl groups is 1. The molecule has 2 saturated heterocycles. The highest BCUT2D eigenvalue weighted by molar-refractivity contribution is 5.82. The molecule has 2 atom stereocenters. The van der Waals surface area contributed by atoms with Crippen LogP contribution in [0.4, 0.5) is 4.39 Å². The Morgan fingerprint density at radius 2 is 1.92 bits per heavy atom. The maximum atomic E-state index is 13.0. The molecule has 1 N–H and O–H groups in total. The summed E-state index contributed by atoms with van der Waals surface area (Å²) in [5.41, 5.74) is 0.738. The maximum absolute atomic E-state index is 13.0. The predicted molar refractivity (Wildman–Crippen MR) is 87.9 cm³/mol. The lowest BCUT2D eigenvalue weighted by Crippen LogP contribution is -2.54. The third kappa shape index (κ3) is 3.77. The van der Waals surface area contributed by atoms with Crippen LogP contribution in [0.3, 0.4) is 0 Å². The predicted octanol–water partition coefficient (Wildman–Crippen LogP) is 1.43. The van der Waals surface area contributed by atoms with Gasteiger partial charge in [-0.2, -0.15) is 0 Å². The van der Waals surface area contributed by atoms with Crippen LogP contribution in [0, 0.1) is 11.7 Å². The quantitative estimate of drug-likeness (QED) is 0.907. The number of amides is 1. The smallest absolute Gasteiger partial charge is 0.242 e. The largest absolute Gasteiger partial charge is 0.388 e. The second kappa shape index (κ2) is 7.59. The Morgan fingerprint density at radius 1 is 1.25 bits per heavy atom. The first kappa shape index (κ1) is 17.3. The third-order valence-corrected chi connectivity index (χ3v) is 5.19. The summed E-state index contributed by atoms with van der Waals surface area (Å²) in [6, 6.07) is 5.81. The van der Waals surface area contributed by atoms with Crippen molar-refractivity contribution in [3.8, 4) is 0 Å². The molecule has 6 heteroatoms. The number of ether oxygens (including phenoxy) is 1. The Labute approximate surface area is 142 Å². The van der Waals surface area contributed by atoms with Gasteiger partial charge in [0.15, 0.2) is 0 Å². The second-order valence-electron chi connectivity index (χ2n) is 6.73. The topological polar surface area (TPSA) is 53.0 Å². The van der Waals surface area contributed by atoms with Crippen molar-refractivity contribution in [1.82, 2.24) is 9.80 Å². The fourth-order valence-corrected chi connectivity index (χ4v) is 3.52. The van der Waals surface area contributed by atoms with Crippen LogP contribution in [-0.4, -0.2) is 66.8 Å². The number of hydrogen-bond acceptors (Lipinski definition) is 4. The number of likely N-dealkylation sites (tertiary alicyclic amines) is 1. The van der Waals surface area contributed by atoms with Crippen molar-refractivity contribution >= 4 is 5.91 Å². The van der Waals surface area contributed by atoms with Gasteiger partial charge in [0.2, 0.25) is 5.91 Å². The zero-order valence-electron chi connectivity index (χ0n) is 14.0. The summed E-state index contributed by atoms with van der Waals surface area (Å²) in [6.45, 7) is 3.19. The summed E-state index contributed by atoms with van der Waals surface area (Å²) >= 11 is 0. The molecule has 0 bridgehead atoms. The van der Waals surface area contributed by atoms with Gasteiger partial charge in [-0.15, -0.1) is 0 Å². The third-order valence-electron chi connectivity index (χ3n) is 5.19. The SMILES string of the molecule is CN1CCOC[C@H]1C(=O)N1CCC([C@H](O)c2ccc(F)cc2)CC1. The van der Waals surface area contributed by atoms with Crippen molar-refractivity contribution in [2.75, 3.05) is 39.9 Å². The number of hydrogen-bond donors (Lipinski definition) is 1. The van der Waals surface area contributed by atoms with E-state index in [1.807, 2.05) is 16.8 Å². The zero-order valence-corrected chi connectivity index (χ0v) is 14.0. The molecule has 5 nitrogen and oxygen atoms in total. The van der Waals surface area contributed by atoms with E-state index in [4.69, 9.17) is 4.74 Å². The molecule has 1 aromatic carbocycles. The average Bonchev–Trinajstić information content (AvgIpc) is 2.62. The fourth-order valence-electron chi connectivity index (χ4n) is 3.52. The van der Waals surface area contributed by atoms with Gasteiger partial charge < -0.3 is 14.7 Å². The van der Waals surface area contributed by atoms with Crippen molar-refractivity contribution in [1.29, 1.82) is 0 Å². The molecular formula is C18H25FN2O3. The van der Waals surface area contributed by atoms with Gasteiger partial charge >= 0.3 is 0 Å². The molecule has 3 rings (SSSR count). The van der Waals surface area contributed by atoms with E-state index in [0.717, 1.165) is 24.9 Å². The first-order chi connectivity index (χ1) is 11.6. The normalized spacial score (nSPS) is 24.8. The van der Waals surface area contributed by atoms with E-state index in [0.29, 0.717) is 26.3 Å². The number of morpholine rings is 1. The summed E-state index contributed by atoms with van der Waals surface area (Å²) in [7, 11) is 1.95. The molecule has 1 amide bonds. The lowest BCUT2D eigenvalue weighted by molar-refractivity contribution is -0.144.